The number of carbonyl (C=O) groups excluding carboxylic acids is 1. The first-order valence-electron chi connectivity index (χ1n) is 6.97. The van der Waals surface area contributed by atoms with Crippen LogP contribution in [-0.2, 0) is 14.6 Å². The minimum atomic E-state index is -3.58. The minimum absolute atomic E-state index is 0.444. The number of benzene rings is 2. The third kappa shape index (κ3) is 6.86. The maximum atomic E-state index is 12.0. The Morgan fingerprint density at radius 3 is 1.79 bits per heavy atom. The van der Waals surface area contributed by atoms with Gasteiger partial charge in [-0.1, -0.05) is 30.3 Å². The standard InChI is InChI=1S/C18H14I2O3S/c19-16-6-1-14(2-7-16)5-10-18(21)13-24(22,23)12-11-15-3-8-17(20)9-4-15/h1-12H,13H2/b10-5+,12-11?. The summed E-state index contributed by atoms with van der Waals surface area (Å²) in [6.45, 7) is 0. The van der Waals surface area contributed by atoms with Gasteiger partial charge < -0.3 is 0 Å². The van der Waals surface area contributed by atoms with Gasteiger partial charge in [0.25, 0.3) is 0 Å². The van der Waals surface area contributed by atoms with Gasteiger partial charge in [-0.25, -0.2) is 8.42 Å². The molecule has 6 heteroatoms. The number of sulfone groups is 1. The van der Waals surface area contributed by atoms with E-state index in [9.17, 15) is 13.2 Å². The number of allylic oxidation sites excluding steroid dienone is 1. The van der Waals surface area contributed by atoms with Crippen LogP contribution in [-0.4, -0.2) is 20.0 Å². The number of ketones is 1. The molecule has 0 heterocycles. The highest BCUT2D eigenvalue weighted by molar-refractivity contribution is 14.1. The molecule has 24 heavy (non-hydrogen) atoms. The molecule has 124 valence electrons. The van der Waals surface area contributed by atoms with Crippen molar-refractivity contribution in [1.29, 1.82) is 0 Å². The molecular formula is C18H14I2O3S. The minimum Gasteiger partial charge on any atom is -0.294 e. The Hall–Kier alpha value is -1.000. The molecule has 0 aliphatic rings. The maximum Gasteiger partial charge on any atom is 0.179 e. The zero-order valence-corrected chi connectivity index (χ0v) is 17.7. The third-order valence-electron chi connectivity index (χ3n) is 3.01. The van der Waals surface area contributed by atoms with Crippen LogP contribution in [0.5, 0.6) is 0 Å². The Morgan fingerprint density at radius 2 is 1.29 bits per heavy atom. The highest BCUT2D eigenvalue weighted by Crippen LogP contribution is 2.10. The van der Waals surface area contributed by atoms with Crippen molar-refractivity contribution < 1.29 is 13.2 Å². The number of rotatable bonds is 6. The average Bonchev–Trinajstić information content (AvgIpc) is 2.53. The van der Waals surface area contributed by atoms with E-state index in [1.165, 1.54) is 12.2 Å². The second kappa shape index (κ2) is 8.91. The van der Waals surface area contributed by atoms with Crippen molar-refractivity contribution in [1.82, 2.24) is 0 Å². The highest BCUT2D eigenvalue weighted by atomic mass is 127. The molecule has 0 spiro atoms. The molecular weight excluding hydrogens is 550 g/mol. The Labute approximate surface area is 169 Å². The van der Waals surface area contributed by atoms with Crippen molar-refractivity contribution in [2.24, 2.45) is 0 Å². The van der Waals surface area contributed by atoms with Gasteiger partial charge in [0.1, 0.15) is 5.75 Å². The van der Waals surface area contributed by atoms with E-state index in [2.05, 4.69) is 45.2 Å². The third-order valence-corrected chi connectivity index (χ3v) is 5.69. The molecule has 2 rings (SSSR count). The normalized spacial score (nSPS) is 12.1. The molecule has 0 fully saturated rings. The van der Waals surface area contributed by atoms with Gasteiger partial charge in [-0.05, 0) is 92.7 Å². The number of halogens is 2. The van der Waals surface area contributed by atoms with E-state index >= 15 is 0 Å². The first-order valence-corrected chi connectivity index (χ1v) is 10.8. The first kappa shape index (κ1) is 19.3. The van der Waals surface area contributed by atoms with E-state index in [0.29, 0.717) is 0 Å². The fourth-order valence-corrected chi connectivity index (χ4v) is 3.49. The van der Waals surface area contributed by atoms with E-state index < -0.39 is 21.4 Å². The lowest BCUT2D eigenvalue weighted by atomic mass is 10.2. The molecule has 2 aromatic rings. The zero-order valence-electron chi connectivity index (χ0n) is 12.5. The number of hydrogen-bond acceptors (Lipinski definition) is 3. The predicted octanol–water partition coefficient (Wildman–Crippen LogP) is 4.56. The van der Waals surface area contributed by atoms with E-state index in [1.807, 2.05) is 48.5 Å². The van der Waals surface area contributed by atoms with Crippen LogP contribution in [0.1, 0.15) is 11.1 Å². The van der Waals surface area contributed by atoms with Gasteiger partial charge in [0, 0.05) is 12.5 Å². The van der Waals surface area contributed by atoms with Crippen molar-refractivity contribution in [2.45, 2.75) is 0 Å². The van der Waals surface area contributed by atoms with Crippen molar-refractivity contribution in [3.05, 3.63) is 78.3 Å². The van der Waals surface area contributed by atoms with Gasteiger partial charge in [-0.3, -0.25) is 4.79 Å². The molecule has 0 unspecified atom stereocenters. The SMILES string of the molecule is O=C(/C=C/c1ccc(I)cc1)CS(=O)(=O)C=Cc1ccc(I)cc1. The predicted molar refractivity (Wildman–Crippen MR) is 115 cm³/mol. The summed E-state index contributed by atoms with van der Waals surface area (Å²) in [6.07, 6.45) is 4.43. The molecule has 0 aliphatic heterocycles. The largest absolute Gasteiger partial charge is 0.294 e. The fraction of sp³-hybridized carbons (Fsp3) is 0.0556. The van der Waals surface area contributed by atoms with Gasteiger partial charge >= 0.3 is 0 Å². The van der Waals surface area contributed by atoms with E-state index in [0.717, 1.165) is 23.7 Å². The van der Waals surface area contributed by atoms with Crippen molar-refractivity contribution >= 4 is 73.0 Å². The summed E-state index contributed by atoms with van der Waals surface area (Å²) in [6, 6.07) is 15.0. The van der Waals surface area contributed by atoms with Crippen LogP contribution >= 0.6 is 45.2 Å². The Morgan fingerprint density at radius 1 is 0.833 bits per heavy atom. The van der Waals surface area contributed by atoms with Crippen LogP contribution in [0.15, 0.2) is 60.0 Å². The average molecular weight is 564 g/mol. The molecule has 0 saturated heterocycles. The first-order chi connectivity index (χ1) is 11.3. The monoisotopic (exact) mass is 564 g/mol. The lowest BCUT2D eigenvalue weighted by Crippen LogP contribution is -2.11. The van der Waals surface area contributed by atoms with Crippen LogP contribution in [0.3, 0.4) is 0 Å². The lowest BCUT2D eigenvalue weighted by molar-refractivity contribution is -0.112. The smallest absolute Gasteiger partial charge is 0.179 e. The zero-order chi connectivity index (χ0) is 17.6. The van der Waals surface area contributed by atoms with E-state index in [4.69, 9.17) is 0 Å². The second-order valence-electron chi connectivity index (χ2n) is 5.01. The number of carbonyl (C=O) groups is 1. The van der Waals surface area contributed by atoms with Crippen LogP contribution in [0.4, 0.5) is 0 Å². The molecule has 0 saturated carbocycles. The summed E-state index contributed by atoms with van der Waals surface area (Å²) in [4.78, 5) is 11.9. The second-order valence-corrected chi connectivity index (χ2v) is 9.39. The highest BCUT2D eigenvalue weighted by Gasteiger charge is 2.11. The topological polar surface area (TPSA) is 51.2 Å². The van der Waals surface area contributed by atoms with Crippen molar-refractivity contribution in [2.75, 3.05) is 5.75 Å². The fourth-order valence-electron chi connectivity index (χ4n) is 1.81. The molecule has 0 bridgehead atoms. The Balaban J connectivity index is 1.98. The summed E-state index contributed by atoms with van der Waals surface area (Å²) < 4.78 is 26.2. The lowest BCUT2D eigenvalue weighted by Gasteiger charge is -1.97. The summed E-state index contributed by atoms with van der Waals surface area (Å²) in [5.74, 6) is -0.977. The van der Waals surface area contributed by atoms with Gasteiger partial charge in [0.05, 0.1) is 0 Å². The van der Waals surface area contributed by atoms with Gasteiger partial charge in [0.15, 0.2) is 15.6 Å². The molecule has 0 amide bonds. The molecule has 3 nitrogen and oxygen atoms in total. The molecule has 0 radical (unpaired) electrons. The molecule has 0 N–H and O–H groups in total. The van der Waals surface area contributed by atoms with E-state index in [1.54, 1.807) is 6.08 Å². The van der Waals surface area contributed by atoms with Crippen LogP contribution in [0.25, 0.3) is 12.2 Å². The molecule has 0 atom stereocenters. The van der Waals surface area contributed by atoms with Crippen molar-refractivity contribution in [3.8, 4) is 0 Å². The molecule has 2 aromatic carbocycles. The van der Waals surface area contributed by atoms with Crippen LogP contribution in [0, 0.1) is 7.14 Å². The van der Waals surface area contributed by atoms with Crippen LogP contribution in [0.2, 0.25) is 0 Å². The Bertz CT molecular complexity index is 865. The van der Waals surface area contributed by atoms with Crippen LogP contribution < -0.4 is 0 Å². The van der Waals surface area contributed by atoms with Crippen molar-refractivity contribution in [3.63, 3.8) is 0 Å². The summed E-state index contributed by atoms with van der Waals surface area (Å²) in [7, 11) is -3.58. The molecule has 0 aliphatic carbocycles. The Kier molecular flexibility index (Phi) is 7.17. The number of hydrogen-bond donors (Lipinski definition) is 0. The quantitative estimate of drug-likeness (QED) is 0.382. The van der Waals surface area contributed by atoms with E-state index in [-0.39, 0.29) is 0 Å². The molecule has 0 aromatic heterocycles. The maximum absolute atomic E-state index is 12.0. The van der Waals surface area contributed by atoms with Gasteiger partial charge in [-0.15, -0.1) is 0 Å². The summed E-state index contributed by atoms with van der Waals surface area (Å²) in [5, 5.41) is 1.09. The summed E-state index contributed by atoms with van der Waals surface area (Å²) in [5.41, 5.74) is 1.64. The van der Waals surface area contributed by atoms with Gasteiger partial charge in [0.2, 0.25) is 0 Å². The van der Waals surface area contributed by atoms with Gasteiger partial charge in [-0.2, -0.15) is 0 Å². The summed E-state index contributed by atoms with van der Waals surface area (Å²) >= 11 is 4.37.